The molecule has 6 nitrogen and oxygen atoms in total. The molecule has 0 aliphatic heterocycles. The Kier molecular flexibility index (Phi) is 4.84. The highest BCUT2D eigenvalue weighted by atomic mass is 19.4. The van der Waals surface area contributed by atoms with Crippen LogP contribution in [0.1, 0.15) is 55.2 Å². The van der Waals surface area contributed by atoms with Gasteiger partial charge in [-0.25, -0.2) is 9.67 Å². The van der Waals surface area contributed by atoms with Crippen molar-refractivity contribution in [3.8, 4) is 5.75 Å². The predicted octanol–water partition coefficient (Wildman–Crippen LogP) is 4.40. The first-order valence-electron chi connectivity index (χ1n) is 9.59. The first kappa shape index (κ1) is 19.5. The van der Waals surface area contributed by atoms with Gasteiger partial charge in [0.1, 0.15) is 17.0 Å². The molecule has 0 saturated heterocycles. The van der Waals surface area contributed by atoms with Crippen LogP contribution in [0.3, 0.4) is 0 Å². The van der Waals surface area contributed by atoms with E-state index in [-0.39, 0.29) is 17.4 Å². The Morgan fingerprint density at radius 3 is 2.55 bits per heavy atom. The third-order valence-corrected chi connectivity index (χ3v) is 5.12. The van der Waals surface area contributed by atoms with Crippen LogP contribution >= 0.6 is 0 Å². The number of alkyl halides is 3. The summed E-state index contributed by atoms with van der Waals surface area (Å²) in [5.41, 5.74) is 2.03. The molecular weight excluding hydrogens is 385 g/mol. The lowest BCUT2D eigenvalue weighted by Gasteiger charge is -2.17. The number of hydrogen-bond donors (Lipinski definition) is 1. The maximum Gasteiger partial charge on any atom is 0.573 e. The second kappa shape index (κ2) is 7.20. The molecule has 1 aromatic carbocycles. The number of fused-ring (bicyclic) bond motifs is 1. The lowest BCUT2D eigenvalue weighted by molar-refractivity contribution is -0.274. The molecule has 1 saturated carbocycles. The number of aromatic nitrogens is 4. The van der Waals surface area contributed by atoms with Gasteiger partial charge in [-0.15, -0.1) is 13.2 Å². The molecule has 1 aliphatic rings. The zero-order valence-electron chi connectivity index (χ0n) is 16.1. The van der Waals surface area contributed by atoms with E-state index in [4.69, 9.17) is 5.10 Å². The summed E-state index contributed by atoms with van der Waals surface area (Å²) in [6.45, 7) is 3.74. The number of aryl methyl sites for hydroxylation is 1. The molecule has 29 heavy (non-hydrogen) atoms. The van der Waals surface area contributed by atoms with E-state index in [2.05, 4.69) is 14.7 Å². The SMILES string of the molecule is CC[C@@H](Cc1ccc(OC(F)(F)F)cc1)n1nc(C2CC2)c2c(=O)[nH]c(C)nc21. The van der Waals surface area contributed by atoms with Gasteiger partial charge in [0, 0.05) is 5.92 Å². The van der Waals surface area contributed by atoms with Gasteiger partial charge in [-0.3, -0.25) is 4.79 Å². The molecule has 9 heteroatoms. The number of nitrogens with one attached hydrogen (secondary N) is 1. The number of H-pyrrole nitrogens is 1. The van der Waals surface area contributed by atoms with Gasteiger partial charge < -0.3 is 9.72 Å². The summed E-state index contributed by atoms with van der Waals surface area (Å²) < 4.78 is 42.8. The van der Waals surface area contributed by atoms with E-state index in [0.717, 1.165) is 30.5 Å². The molecule has 2 aromatic heterocycles. The van der Waals surface area contributed by atoms with Crippen LogP contribution in [0.5, 0.6) is 5.75 Å². The fourth-order valence-corrected chi connectivity index (χ4v) is 3.58. The molecule has 154 valence electrons. The number of nitrogens with zero attached hydrogens (tertiary/aromatic N) is 3. The normalized spacial score (nSPS) is 15.6. The van der Waals surface area contributed by atoms with Gasteiger partial charge in [0.05, 0.1) is 11.7 Å². The summed E-state index contributed by atoms with van der Waals surface area (Å²) in [6.07, 6.45) is -1.41. The van der Waals surface area contributed by atoms with Crippen LogP contribution in [-0.2, 0) is 6.42 Å². The van der Waals surface area contributed by atoms with E-state index in [0.29, 0.717) is 29.2 Å². The molecule has 0 unspecified atom stereocenters. The van der Waals surface area contributed by atoms with Crippen LogP contribution in [0.2, 0.25) is 0 Å². The van der Waals surface area contributed by atoms with Crippen LogP contribution in [-0.4, -0.2) is 26.1 Å². The van der Waals surface area contributed by atoms with Crippen molar-refractivity contribution >= 4 is 11.0 Å². The van der Waals surface area contributed by atoms with Gasteiger partial charge in [0.15, 0.2) is 5.65 Å². The second-order valence-corrected chi connectivity index (χ2v) is 7.41. The van der Waals surface area contributed by atoms with Gasteiger partial charge >= 0.3 is 6.36 Å². The lowest BCUT2D eigenvalue weighted by atomic mass is 10.0. The highest BCUT2D eigenvalue weighted by Gasteiger charge is 2.33. The number of aromatic amines is 1. The maximum atomic E-state index is 12.5. The Morgan fingerprint density at radius 1 is 1.28 bits per heavy atom. The second-order valence-electron chi connectivity index (χ2n) is 7.41. The minimum Gasteiger partial charge on any atom is -0.406 e. The van der Waals surface area contributed by atoms with E-state index < -0.39 is 6.36 Å². The number of hydrogen-bond acceptors (Lipinski definition) is 4. The van der Waals surface area contributed by atoms with Crippen molar-refractivity contribution in [3.63, 3.8) is 0 Å². The van der Waals surface area contributed by atoms with Crippen molar-refractivity contribution in [1.29, 1.82) is 0 Å². The van der Waals surface area contributed by atoms with Crippen LogP contribution < -0.4 is 10.3 Å². The first-order chi connectivity index (χ1) is 13.7. The average Bonchev–Trinajstić information content (AvgIpc) is 3.41. The Bertz CT molecular complexity index is 1080. The van der Waals surface area contributed by atoms with Crippen molar-refractivity contribution in [2.24, 2.45) is 0 Å². The van der Waals surface area contributed by atoms with Gasteiger partial charge in [0.2, 0.25) is 0 Å². The molecule has 0 amide bonds. The van der Waals surface area contributed by atoms with Crippen molar-refractivity contribution in [1.82, 2.24) is 19.7 Å². The molecule has 0 bridgehead atoms. The topological polar surface area (TPSA) is 72.8 Å². The van der Waals surface area contributed by atoms with E-state index in [1.54, 1.807) is 19.1 Å². The molecule has 0 radical (unpaired) electrons. The minimum atomic E-state index is -4.71. The standard InChI is InChI=1S/C20H21F3N4O2/c1-3-14(10-12-4-8-15(9-5-12)29-20(21,22)23)27-18-16(17(26-27)13-6-7-13)19(28)25-11(2)24-18/h4-5,8-9,13-14H,3,6-7,10H2,1-2H3,(H,24,25,28)/t14-/m0/s1. The molecule has 1 aliphatic carbocycles. The summed E-state index contributed by atoms with van der Waals surface area (Å²) >= 11 is 0. The summed E-state index contributed by atoms with van der Waals surface area (Å²) in [5, 5.41) is 5.29. The van der Waals surface area contributed by atoms with Crippen molar-refractivity contribution < 1.29 is 17.9 Å². The first-order valence-corrected chi connectivity index (χ1v) is 9.59. The van der Waals surface area contributed by atoms with Crippen LogP contribution in [0.4, 0.5) is 13.2 Å². The Morgan fingerprint density at radius 2 is 1.97 bits per heavy atom. The van der Waals surface area contributed by atoms with Crippen molar-refractivity contribution in [2.45, 2.75) is 57.9 Å². The van der Waals surface area contributed by atoms with Crippen molar-refractivity contribution in [2.75, 3.05) is 0 Å². The van der Waals surface area contributed by atoms with Crippen LogP contribution in [0.25, 0.3) is 11.0 Å². The third kappa shape index (κ3) is 4.13. The third-order valence-electron chi connectivity index (χ3n) is 5.12. The smallest absolute Gasteiger partial charge is 0.406 e. The highest BCUT2D eigenvalue weighted by molar-refractivity contribution is 5.78. The summed E-state index contributed by atoms with van der Waals surface area (Å²) in [6, 6.07) is 5.76. The number of ether oxygens (including phenoxy) is 1. The number of halogens is 3. The fraction of sp³-hybridized carbons (Fsp3) is 0.450. The van der Waals surface area contributed by atoms with E-state index >= 15 is 0 Å². The molecule has 1 N–H and O–H groups in total. The molecule has 1 atom stereocenters. The largest absolute Gasteiger partial charge is 0.573 e. The quantitative estimate of drug-likeness (QED) is 0.659. The van der Waals surface area contributed by atoms with Crippen LogP contribution in [0.15, 0.2) is 29.1 Å². The Labute approximate surface area is 164 Å². The molecule has 3 aromatic rings. The monoisotopic (exact) mass is 406 g/mol. The predicted molar refractivity (Wildman–Crippen MR) is 101 cm³/mol. The molecular formula is C20H21F3N4O2. The zero-order valence-corrected chi connectivity index (χ0v) is 16.1. The minimum absolute atomic E-state index is 0.0758. The molecule has 1 fully saturated rings. The van der Waals surface area contributed by atoms with E-state index in [1.807, 2.05) is 11.6 Å². The molecule has 0 spiro atoms. The summed E-state index contributed by atoms with van der Waals surface area (Å²) in [7, 11) is 0. The lowest BCUT2D eigenvalue weighted by Crippen LogP contribution is -2.17. The highest BCUT2D eigenvalue weighted by Crippen LogP contribution is 2.42. The zero-order chi connectivity index (χ0) is 20.8. The summed E-state index contributed by atoms with van der Waals surface area (Å²) in [4.78, 5) is 19.8. The average molecular weight is 406 g/mol. The number of benzene rings is 1. The van der Waals surface area contributed by atoms with E-state index in [9.17, 15) is 18.0 Å². The molecule has 4 rings (SSSR count). The Hall–Kier alpha value is -2.84. The van der Waals surface area contributed by atoms with Gasteiger partial charge in [-0.2, -0.15) is 5.10 Å². The van der Waals surface area contributed by atoms with Gasteiger partial charge in [-0.1, -0.05) is 19.1 Å². The molecule has 2 heterocycles. The van der Waals surface area contributed by atoms with Crippen LogP contribution in [0, 0.1) is 6.92 Å². The Balaban J connectivity index is 1.66. The van der Waals surface area contributed by atoms with Crippen molar-refractivity contribution in [3.05, 3.63) is 51.7 Å². The van der Waals surface area contributed by atoms with Gasteiger partial charge in [-0.05, 0) is 50.3 Å². The maximum absolute atomic E-state index is 12.5. The fourth-order valence-electron chi connectivity index (χ4n) is 3.58. The number of rotatable bonds is 6. The van der Waals surface area contributed by atoms with Gasteiger partial charge in [0.25, 0.3) is 5.56 Å². The summed E-state index contributed by atoms with van der Waals surface area (Å²) in [5.74, 6) is 0.564. The van der Waals surface area contributed by atoms with E-state index in [1.165, 1.54) is 12.1 Å².